The molecule has 2 nitrogen and oxygen atoms in total. The van der Waals surface area contributed by atoms with Crippen LogP contribution in [0.15, 0.2) is 59.5 Å². The molecule has 2 aromatic carbocycles. The average molecular weight is 315 g/mol. The molecule has 0 N–H and O–H groups in total. The van der Waals surface area contributed by atoms with Crippen LogP contribution < -0.4 is 0 Å². The van der Waals surface area contributed by atoms with Crippen molar-refractivity contribution in [3.63, 3.8) is 0 Å². The number of hydrogen-bond acceptors (Lipinski definition) is 2. The summed E-state index contributed by atoms with van der Waals surface area (Å²) in [5.41, 5.74) is 1.23. The fraction of sp³-hybridized carbons (Fsp3) is 0.143. The summed E-state index contributed by atoms with van der Waals surface area (Å²) in [7, 11) is -3.29. The number of benzene rings is 2. The molecule has 100 valence electrons. The van der Waals surface area contributed by atoms with E-state index in [4.69, 9.17) is 23.2 Å². The maximum atomic E-state index is 11.6. The second kappa shape index (κ2) is 5.16. The van der Waals surface area contributed by atoms with Gasteiger partial charge >= 0.3 is 0 Å². The zero-order valence-electron chi connectivity index (χ0n) is 10.2. The Kier molecular flexibility index (Phi) is 3.90. The molecule has 0 spiro atoms. The van der Waals surface area contributed by atoms with Crippen LogP contribution in [0.2, 0.25) is 0 Å². The van der Waals surface area contributed by atoms with Gasteiger partial charge in [0.25, 0.3) is 0 Å². The Morgan fingerprint density at radius 2 is 1.47 bits per heavy atom. The second-order valence-corrected chi connectivity index (χ2v) is 7.58. The van der Waals surface area contributed by atoms with Crippen LogP contribution in [0.4, 0.5) is 0 Å². The lowest BCUT2D eigenvalue weighted by atomic mass is 10.0. The van der Waals surface area contributed by atoms with Gasteiger partial charge in [0.2, 0.25) is 0 Å². The first kappa shape index (κ1) is 14.4. The van der Waals surface area contributed by atoms with E-state index in [0.717, 1.165) is 6.26 Å². The Hall–Kier alpha value is -1.03. The van der Waals surface area contributed by atoms with Gasteiger partial charge < -0.3 is 0 Å². The van der Waals surface area contributed by atoms with Crippen LogP contribution in [0.1, 0.15) is 11.1 Å². The van der Waals surface area contributed by atoms with E-state index in [1.54, 1.807) is 24.3 Å². The summed E-state index contributed by atoms with van der Waals surface area (Å²) in [5.74, 6) is 0. The molecule has 0 amide bonds. The van der Waals surface area contributed by atoms with Crippen LogP contribution in [0.5, 0.6) is 0 Å². The van der Waals surface area contributed by atoms with Crippen LogP contribution >= 0.6 is 23.2 Å². The average Bonchev–Trinajstić information content (AvgIpc) is 2.39. The van der Waals surface area contributed by atoms with E-state index in [9.17, 15) is 8.42 Å². The molecule has 5 heteroatoms. The molecule has 0 aliphatic heterocycles. The lowest BCUT2D eigenvalue weighted by Crippen LogP contribution is -2.13. The Balaban J connectivity index is 2.53. The molecule has 2 aromatic rings. The van der Waals surface area contributed by atoms with Crippen LogP contribution in [-0.4, -0.2) is 14.7 Å². The van der Waals surface area contributed by atoms with Crippen LogP contribution in [0.3, 0.4) is 0 Å². The predicted octanol–water partition coefficient (Wildman–Crippen LogP) is 3.77. The predicted molar refractivity (Wildman–Crippen MR) is 78.5 cm³/mol. The van der Waals surface area contributed by atoms with Gasteiger partial charge in [0.15, 0.2) is 14.2 Å². The largest absolute Gasteiger partial charge is 0.224 e. The summed E-state index contributed by atoms with van der Waals surface area (Å²) in [6.07, 6.45) is 1.15. The maximum absolute atomic E-state index is 11.6. The standard InChI is InChI=1S/C14H12Cl2O2S/c1-19(17,18)13-9-5-8-12(10-13)14(15,16)11-6-3-2-4-7-11/h2-10H,1H3. The van der Waals surface area contributed by atoms with Gasteiger partial charge in [-0.3, -0.25) is 0 Å². The van der Waals surface area contributed by atoms with E-state index in [1.807, 2.05) is 18.2 Å². The van der Waals surface area contributed by atoms with Crippen LogP contribution in [0, 0.1) is 0 Å². The number of alkyl halides is 2. The quantitative estimate of drug-likeness (QED) is 0.808. The monoisotopic (exact) mass is 314 g/mol. The zero-order chi connectivity index (χ0) is 14.1. The van der Waals surface area contributed by atoms with Crippen molar-refractivity contribution in [3.05, 3.63) is 65.7 Å². The Labute approximate surface area is 122 Å². The number of rotatable bonds is 3. The van der Waals surface area contributed by atoms with Crippen molar-refractivity contribution in [1.29, 1.82) is 0 Å². The molecule has 0 aromatic heterocycles. The molecule has 0 saturated carbocycles. The highest BCUT2D eigenvalue weighted by Crippen LogP contribution is 2.41. The van der Waals surface area contributed by atoms with Gasteiger partial charge in [0.1, 0.15) is 0 Å². The molecule has 0 aliphatic rings. The Bertz CT molecular complexity index is 680. The zero-order valence-corrected chi connectivity index (χ0v) is 12.5. The van der Waals surface area contributed by atoms with Gasteiger partial charge in [-0.15, -0.1) is 0 Å². The van der Waals surface area contributed by atoms with Crippen molar-refractivity contribution in [1.82, 2.24) is 0 Å². The van der Waals surface area contributed by atoms with Gasteiger partial charge in [-0.2, -0.15) is 0 Å². The lowest BCUT2D eigenvalue weighted by molar-refractivity contribution is 0.601. The molecule has 0 fully saturated rings. The van der Waals surface area contributed by atoms with Crippen LogP contribution in [-0.2, 0) is 14.2 Å². The van der Waals surface area contributed by atoms with E-state index >= 15 is 0 Å². The maximum Gasteiger partial charge on any atom is 0.175 e. The molecule has 0 aliphatic carbocycles. The first-order chi connectivity index (χ1) is 8.82. The minimum Gasteiger partial charge on any atom is -0.224 e. The fourth-order valence-electron chi connectivity index (χ4n) is 1.74. The normalized spacial score (nSPS) is 12.4. The second-order valence-electron chi connectivity index (χ2n) is 4.24. The minimum atomic E-state index is -3.29. The highest BCUT2D eigenvalue weighted by Gasteiger charge is 2.29. The van der Waals surface area contributed by atoms with Gasteiger partial charge in [-0.1, -0.05) is 65.7 Å². The van der Waals surface area contributed by atoms with Crippen molar-refractivity contribution < 1.29 is 8.42 Å². The molecule has 19 heavy (non-hydrogen) atoms. The first-order valence-electron chi connectivity index (χ1n) is 5.56. The SMILES string of the molecule is CS(=O)(=O)c1cccc(C(Cl)(Cl)c2ccccc2)c1. The lowest BCUT2D eigenvalue weighted by Gasteiger charge is -2.21. The number of hydrogen-bond donors (Lipinski definition) is 0. The third-order valence-corrected chi connectivity index (χ3v) is 4.74. The summed E-state index contributed by atoms with van der Waals surface area (Å²) in [5, 5.41) is 0. The highest BCUT2D eigenvalue weighted by molar-refractivity contribution is 7.90. The molecule has 0 heterocycles. The summed E-state index contributed by atoms with van der Waals surface area (Å²) >= 11 is 12.8. The molecule has 0 bridgehead atoms. The minimum absolute atomic E-state index is 0.201. The molecule has 0 atom stereocenters. The van der Waals surface area contributed by atoms with E-state index in [1.165, 1.54) is 12.1 Å². The van der Waals surface area contributed by atoms with Gasteiger partial charge in [-0.05, 0) is 23.3 Å². The Morgan fingerprint density at radius 1 is 0.895 bits per heavy atom. The van der Waals surface area contributed by atoms with Crippen molar-refractivity contribution in [2.75, 3.05) is 6.26 Å². The summed E-state index contributed by atoms with van der Waals surface area (Å²) in [6, 6.07) is 15.5. The molecule has 2 rings (SSSR count). The molecule has 0 unspecified atom stereocenters. The van der Waals surface area contributed by atoms with Crippen LogP contribution in [0.25, 0.3) is 0 Å². The van der Waals surface area contributed by atoms with E-state index in [0.29, 0.717) is 11.1 Å². The molecule has 0 saturated heterocycles. The first-order valence-corrected chi connectivity index (χ1v) is 8.20. The third kappa shape index (κ3) is 3.11. The topological polar surface area (TPSA) is 34.1 Å². The number of halogens is 2. The fourth-order valence-corrected chi connectivity index (χ4v) is 2.89. The van der Waals surface area contributed by atoms with Gasteiger partial charge in [0.05, 0.1) is 4.90 Å². The van der Waals surface area contributed by atoms with Gasteiger partial charge in [-0.25, -0.2) is 8.42 Å². The van der Waals surface area contributed by atoms with Crippen molar-refractivity contribution in [2.45, 2.75) is 9.23 Å². The van der Waals surface area contributed by atoms with Crippen molar-refractivity contribution in [3.8, 4) is 0 Å². The van der Waals surface area contributed by atoms with Gasteiger partial charge in [0, 0.05) is 6.26 Å². The molecule has 0 radical (unpaired) electrons. The molecular formula is C14H12Cl2O2S. The van der Waals surface area contributed by atoms with E-state index in [2.05, 4.69) is 0 Å². The summed E-state index contributed by atoms with van der Waals surface area (Å²) in [6.45, 7) is 0. The van der Waals surface area contributed by atoms with E-state index in [-0.39, 0.29) is 4.90 Å². The van der Waals surface area contributed by atoms with Crippen molar-refractivity contribution in [2.24, 2.45) is 0 Å². The van der Waals surface area contributed by atoms with E-state index < -0.39 is 14.2 Å². The summed E-state index contributed by atoms with van der Waals surface area (Å²) in [4.78, 5) is 0.201. The highest BCUT2D eigenvalue weighted by atomic mass is 35.5. The number of sulfone groups is 1. The summed E-state index contributed by atoms with van der Waals surface area (Å²) < 4.78 is 21.8. The third-order valence-electron chi connectivity index (χ3n) is 2.76. The molecular weight excluding hydrogens is 303 g/mol. The Morgan fingerprint density at radius 3 is 2.05 bits per heavy atom. The smallest absolute Gasteiger partial charge is 0.175 e. The van der Waals surface area contributed by atoms with Crippen molar-refractivity contribution >= 4 is 33.0 Å².